The molecule has 0 fully saturated rings. The fourth-order valence-electron chi connectivity index (χ4n) is 2.13. The van der Waals surface area contributed by atoms with Gasteiger partial charge in [-0.15, -0.1) is 6.42 Å². The van der Waals surface area contributed by atoms with Gasteiger partial charge in [0, 0.05) is 0 Å². The number of hydrogen-bond acceptors (Lipinski definition) is 3. The Morgan fingerprint density at radius 3 is 2.17 bits per heavy atom. The molecule has 3 nitrogen and oxygen atoms in total. The molecule has 0 spiro atoms. The first-order valence-electron chi connectivity index (χ1n) is 7.32. The van der Waals surface area contributed by atoms with E-state index < -0.39 is 5.60 Å². The van der Waals surface area contributed by atoms with Gasteiger partial charge in [0.1, 0.15) is 11.4 Å². The zero-order valence-electron chi connectivity index (χ0n) is 13.8. The average Bonchev–Trinajstić information content (AvgIpc) is 2.52. The lowest BCUT2D eigenvalue weighted by Crippen LogP contribution is -2.23. The number of esters is 1. The van der Waals surface area contributed by atoms with Crippen molar-refractivity contribution in [3.63, 3.8) is 0 Å². The van der Waals surface area contributed by atoms with Crippen molar-refractivity contribution in [1.29, 1.82) is 0 Å². The van der Waals surface area contributed by atoms with E-state index in [0.29, 0.717) is 16.9 Å². The predicted molar refractivity (Wildman–Crippen MR) is 91.5 cm³/mol. The van der Waals surface area contributed by atoms with Crippen LogP contribution in [0.25, 0.3) is 11.1 Å². The first-order valence-corrected chi connectivity index (χ1v) is 7.32. The van der Waals surface area contributed by atoms with Crippen LogP contribution >= 0.6 is 0 Å². The van der Waals surface area contributed by atoms with Crippen LogP contribution in [0.1, 0.15) is 36.7 Å². The fourth-order valence-corrected chi connectivity index (χ4v) is 2.13. The van der Waals surface area contributed by atoms with E-state index in [4.69, 9.17) is 15.9 Å². The number of terminal acetylenes is 1. The highest BCUT2D eigenvalue weighted by Crippen LogP contribution is 2.27. The summed E-state index contributed by atoms with van der Waals surface area (Å²) >= 11 is 0. The highest BCUT2D eigenvalue weighted by atomic mass is 16.6. The lowest BCUT2D eigenvalue weighted by atomic mass is 10.0. The van der Waals surface area contributed by atoms with E-state index in [1.807, 2.05) is 51.1 Å². The molecule has 2 rings (SSSR count). The molecule has 0 bridgehead atoms. The first-order chi connectivity index (χ1) is 10.8. The summed E-state index contributed by atoms with van der Waals surface area (Å²) in [6, 6.07) is 12.9. The normalized spacial score (nSPS) is 10.7. The second kappa shape index (κ2) is 6.58. The van der Waals surface area contributed by atoms with Crippen molar-refractivity contribution in [3.8, 4) is 29.2 Å². The number of rotatable bonds is 3. The summed E-state index contributed by atoms with van der Waals surface area (Å²) in [7, 11) is 1.59. The van der Waals surface area contributed by atoms with Crippen LogP contribution in [0.15, 0.2) is 42.5 Å². The van der Waals surface area contributed by atoms with Crippen LogP contribution in [0, 0.1) is 12.3 Å². The molecular formula is C20H20O3. The topological polar surface area (TPSA) is 35.5 Å². The molecule has 0 heterocycles. The minimum Gasteiger partial charge on any atom is -0.495 e. The van der Waals surface area contributed by atoms with Gasteiger partial charge < -0.3 is 9.47 Å². The Balaban J connectivity index is 2.27. The van der Waals surface area contributed by atoms with Gasteiger partial charge in [0.2, 0.25) is 0 Å². The third-order valence-electron chi connectivity index (χ3n) is 3.21. The molecule has 0 aromatic heterocycles. The van der Waals surface area contributed by atoms with E-state index in [9.17, 15) is 4.79 Å². The Bertz CT molecular complexity index is 744. The van der Waals surface area contributed by atoms with Crippen molar-refractivity contribution in [2.75, 3.05) is 7.11 Å². The third-order valence-corrected chi connectivity index (χ3v) is 3.21. The molecule has 118 valence electrons. The summed E-state index contributed by atoms with van der Waals surface area (Å²) in [5.74, 6) is 2.91. The molecule has 23 heavy (non-hydrogen) atoms. The zero-order valence-corrected chi connectivity index (χ0v) is 13.8. The quantitative estimate of drug-likeness (QED) is 0.626. The van der Waals surface area contributed by atoms with Crippen molar-refractivity contribution < 1.29 is 14.3 Å². The second-order valence-corrected chi connectivity index (χ2v) is 6.14. The van der Waals surface area contributed by atoms with Crippen molar-refractivity contribution in [2.24, 2.45) is 0 Å². The van der Waals surface area contributed by atoms with Gasteiger partial charge in [-0.3, -0.25) is 0 Å². The van der Waals surface area contributed by atoms with Gasteiger partial charge in [-0.2, -0.15) is 0 Å². The number of carbonyl (C=O) groups excluding carboxylic acids is 1. The Morgan fingerprint density at radius 1 is 1.04 bits per heavy atom. The highest BCUT2D eigenvalue weighted by Gasteiger charge is 2.17. The SMILES string of the molecule is C#Cc1ccc(-c2ccc(C(=O)OC(C)(C)C)cc2)cc1OC. The molecule has 0 aliphatic heterocycles. The molecule has 0 radical (unpaired) electrons. The summed E-state index contributed by atoms with van der Waals surface area (Å²) < 4.78 is 10.7. The standard InChI is InChI=1S/C20H20O3/c1-6-14-7-12-17(13-18(14)22-5)15-8-10-16(11-9-15)19(21)23-20(2,3)4/h1,7-13H,2-5H3. The molecule has 0 aliphatic carbocycles. The van der Waals surface area contributed by atoms with Crippen LogP contribution in [0.3, 0.4) is 0 Å². The van der Waals surface area contributed by atoms with Gasteiger partial charge in [0.25, 0.3) is 0 Å². The minimum atomic E-state index is -0.506. The van der Waals surface area contributed by atoms with Crippen LogP contribution < -0.4 is 4.74 Å². The summed E-state index contributed by atoms with van der Waals surface area (Å²) in [5.41, 5.74) is 2.67. The van der Waals surface area contributed by atoms with E-state index in [-0.39, 0.29) is 5.97 Å². The molecule has 0 unspecified atom stereocenters. The molecule has 2 aromatic carbocycles. The van der Waals surface area contributed by atoms with Crippen LogP contribution in [0.4, 0.5) is 0 Å². The molecule has 0 N–H and O–H groups in total. The summed E-state index contributed by atoms with van der Waals surface area (Å²) in [6.45, 7) is 5.54. The fraction of sp³-hybridized carbons (Fsp3) is 0.250. The highest BCUT2D eigenvalue weighted by molar-refractivity contribution is 5.90. The molecule has 0 amide bonds. The monoisotopic (exact) mass is 308 g/mol. The van der Waals surface area contributed by atoms with Gasteiger partial charge in [-0.25, -0.2) is 4.79 Å². The van der Waals surface area contributed by atoms with Gasteiger partial charge in [-0.1, -0.05) is 24.1 Å². The maximum atomic E-state index is 12.0. The van der Waals surface area contributed by atoms with Gasteiger partial charge in [0.05, 0.1) is 18.2 Å². The zero-order chi connectivity index (χ0) is 17.0. The Morgan fingerprint density at radius 2 is 1.65 bits per heavy atom. The second-order valence-electron chi connectivity index (χ2n) is 6.14. The molecule has 3 heteroatoms. The van der Waals surface area contributed by atoms with E-state index in [2.05, 4.69) is 5.92 Å². The maximum Gasteiger partial charge on any atom is 0.338 e. The van der Waals surface area contributed by atoms with Crippen LogP contribution in [-0.2, 0) is 4.74 Å². The lowest BCUT2D eigenvalue weighted by Gasteiger charge is -2.19. The van der Waals surface area contributed by atoms with E-state index in [0.717, 1.165) is 11.1 Å². The minimum absolute atomic E-state index is 0.329. The van der Waals surface area contributed by atoms with E-state index in [1.165, 1.54) is 0 Å². The Labute approximate surface area is 137 Å². The molecular weight excluding hydrogens is 288 g/mol. The summed E-state index contributed by atoms with van der Waals surface area (Å²) in [4.78, 5) is 12.0. The van der Waals surface area contributed by atoms with Gasteiger partial charge in [0.15, 0.2) is 0 Å². The van der Waals surface area contributed by atoms with Crippen molar-refractivity contribution in [3.05, 3.63) is 53.6 Å². The summed E-state index contributed by atoms with van der Waals surface area (Å²) in [6.07, 6.45) is 5.44. The van der Waals surface area contributed by atoms with Crippen molar-refractivity contribution >= 4 is 5.97 Å². The van der Waals surface area contributed by atoms with Gasteiger partial charge >= 0.3 is 5.97 Å². The molecule has 0 aliphatic rings. The number of carbonyl (C=O) groups is 1. The van der Waals surface area contributed by atoms with Crippen molar-refractivity contribution in [2.45, 2.75) is 26.4 Å². The van der Waals surface area contributed by atoms with E-state index in [1.54, 1.807) is 19.2 Å². The Hall–Kier alpha value is -2.73. The van der Waals surface area contributed by atoms with Crippen LogP contribution in [-0.4, -0.2) is 18.7 Å². The number of methoxy groups -OCH3 is 1. The van der Waals surface area contributed by atoms with Gasteiger partial charge in [-0.05, 0) is 56.2 Å². The first kappa shape index (κ1) is 16.6. The number of hydrogen-bond donors (Lipinski definition) is 0. The number of ether oxygens (including phenoxy) is 2. The molecule has 0 saturated carbocycles. The maximum absolute atomic E-state index is 12.0. The lowest BCUT2D eigenvalue weighted by molar-refractivity contribution is 0.00696. The van der Waals surface area contributed by atoms with Crippen LogP contribution in [0.5, 0.6) is 5.75 Å². The van der Waals surface area contributed by atoms with Crippen molar-refractivity contribution in [1.82, 2.24) is 0 Å². The molecule has 0 saturated heterocycles. The largest absolute Gasteiger partial charge is 0.495 e. The third kappa shape index (κ3) is 4.14. The smallest absolute Gasteiger partial charge is 0.338 e. The summed E-state index contributed by atoms with van der Waals surface area (Å²) in [5, 5.41) is 0. The average molecular weight is 308 g/mol. The van der Waals surface area contributed by atoms with E-state index >= 15 is 0 Å². The molecule has 0 atom stereocenters. The Kier molecular flexibility index (Phi) is 4.76. The molecule has 2 aromatic rings. The predicted octanol–water partition coefficient (Wildman–Crippen LogP) is 4.30. The van der Waals surface area contributed by atoms with Crippen LogP contribution in [0.2, 0.25) is 0 Å². The number of benzene rings is 2.